The average molecular weight is 266 g/mol. The quantitative estimate of drug-likeness (QED) is 0.831. The van der Waals surface area contributed by atoms with Gasteiger partial charge in [0, 0.05) is 19.5 Å². The van der Waals surface area contributed by atoms with Crippen LogP contribution >= 0.6 is 11.3 Å². The van der Waals surface area contributed by atoms with Gasteiger partial charge in [-0.2, -0.15) is 0 Å². The number of thiophene rings is 1. The minimum Gasteiger partial charge on any atom is -0.397 e. The third-order valence-electron chi connectivity index (χ3n) is 3.63. The van der Waals surface area contributed by atoms with Gasteiger partial charge in [0.25, 0.3) is 0 Å². The molecule has 0 atom stereocenters. The van der Waals surface area contributed by atoms with Gasteiger partial charge in [-0.1, -0.05) is 20.3 Å². The van der Waals surface area contributed by atoms with Gasteiger partial charge >= 0.3 is 0 Å². The van der Waals surface area contributed by atoms with Crippen LogP contribution in [0.3, 0.4) is 0 Å². The van der Waals surface area contributed by atoms with E-state index in [0.29, 0.717) is 5.69 Å². The molecule has 0 saturated heterocycles. The topological polar surface area (TPSA) is 46.3 Å². The van der Waals surface area contributed by atoms with E-state index in [1.165, 1.54) is 30.6 Å². The van der Waals surface area contributed by atoms with E-state index in [1.54, 1.807) is 0 Å². The summed E-state index contributed by atoms with van der Waals surface area (Å²) in [5.41, 5.74) is 6.59. The zero-order chi connectivity index (χ0) is 13.3. The average Bonchev–Trinajstić information content (AvgIpc) is 2.64. The second kappa shape index (κ2) is 5.31. The Balaban J connectivity index is 2.09. The molecule has 4 heteroatoms. The summed E-state index contributed by atoms with van der Waals surface area (Å²) in [4.78, 5) is 15.0. The molecule has 0 bridgehead atoms. The SMILES string of the molecule is CC(C)C(=O)c1sc(N(C)CC2CCC2)cc1N. The number of Topliss-reactive ketones (excluding diaryl/α,β-unsaturated/α-hetero) is 1. The summed E-state index contributed by atoms with van der Waals surface area (Å²) >= 11 is 1.53. The first-order chi connectivity index (χ1) is 8.49. The number of hydrogen-bond acceptors (Lipinski definition) is 4. The summed E-state index contributed by atoms with van der Waals surface area (Å²) < 4.78 is 0. The first-order valence-electron chi connectivity index (χ1n) is 6.63. The fourth-order valence-corrected chi connectivity index (χ4v) is 3.33. The monoisotopic (exact) mass is 266 g/mol. The maximum Gasteiger partial charge on any atom is 0.177 e. The molecule has 1 saturated carbocycles. The summed E-state index contributed by atoms with van der Waals surface area (Å²) in [6.45, 7) is 4.91. The van der Waals surface area contributed by atoms with Gasteiger partial charge in [-0.25, -0.2) is 0 Å². The smallest absolute Gasteiger partial charge is 0.177 e. The van der Waals surface area contributed by atoms with Crippen LogP contribution < -0.4 is 10.6 Å². The normalized spacial score (nSPS) is 15.8. The predicted octanol–water partition coefficient (Wildman–Crippen LogP) is 3.41. The number of anilines is 2. The lowest BCUT2D eigenvalue weighted by molar-refractivity contribution is 0.0944. The summed E-state index contributed by atoms with van der Waals surface area (Å²) in [5.74, 6) is 0.985. The molecule has 0 aromatic carbocycles. The Kier molecular flexibility index (Phi) is 3.95. The van der Waals surface area contributed by atoms with Crippen LogP contribution in [0.2, 0.25) is 0 Å². The van der Waals surface area contributed by atoms with Gasteiger partial charge in [0.05, 0.1) is 15.6 Å². The van der Waals surface area contributed by atoms with E-state index in [-0.39, 0.29) is 11.7 Å². The molecular weight excluding hydrogens is 244 g/mol. The number of nitrogen functional groups attached to an aromatic ring is 1. The van der Waals surface area contributed by atoms with Crippen LogP contribution in [0.4, 0.5) is 10.7 Å². The molecule has 1 heterocycles. The van der Waals surface area contributed by atoms with Crippen LogP contribution in [0, 0.1) is 11.8 Å². The molecule has 1 aliphatic carbocycles. The molecule has 2 rings (SSSR count). The molecule has 0 unspecified atom stereocenters. The maximum absolute atomic E-state index is 12.0. The van der Waals surface area contributed by atoms with Crippen molar-refractivity contribution >= 4 is 27.8 Å². The van der Waals surface area contributed by atoms with Gasteiger partial charge in [-0.15, -0.1) is 11.3 Å². The van der Waals surface area contributed by atoms with Crippen LogP contribution in [0.5, 0.6) is 0 Å². The van der Waals surface area contributed by atoms with Crippen molar-refractivity contribution in [2.24, 2.45) is 11.8 Å². The second-order valence-electron chi connectivity index (χ2n) is 5.57. The first kappa shape index (κ1) is 13.4. The van der Waals surface area contributed by atoms with E-state index in [2.05, 4.69) is 11.9 Å². The lowest BCUT2D eigenvalue weighted by Gasteiger charge is -2.30. The van der Waals surface area contributed by atoms with E-state index >= 15 is 0 Å². The Morgan fingerprint density at radius 3 is 2.72 bits per heavy atom. The number of nitrogens with zero attached hydrogens (tertiary/aromatic N) is 1. The highest BCUT2D eigenvalue weighted by Gasteiger charge is 2.22. The number of rotatable bonds is 5. The van der Waals surface area contributed by atoms with Crippen molar-refractivity contribution in [3.05, 3.63) is 10.9 Å². The Hall–Kier alpha value is -1.03. The van der Waals surface area contributed by atoms with Gasteiger partial charge in [-0.3, -0.25) is 4.79 Å². The van der Waals surface area contributed by atoms with Crippen molar-refractivity contribution in [3.63, 3.8) is 0 Å². The van der Waals surface area contributed by atoms with Gasteiger partial charge in [0.2, 0.25) is 0 Å². The number of nitrogens with two attached hydrogens (primary N) is 1. The van der Waals surface area contributed by atoms with Crippen LogP contribution in [-0.4, -0.2) is 19.4 Å². The second-order valence-corrected chi connectivity index (χ2v) is 6.60. The number of hydrogen-bond donors (Lipinski definition) is 1. The Morgan fingerprint density at radius 2 is 2.22 bits per heavy atom. The zero-order valence-corrected chi connectivity index (χ0v) is 12.2. The molecule has 0 aliphatic heterocycles. The summed E-state index contributed by atoms with van der Waals surface area (Å²) in [6, 6.07) is 1.94. The fraction of sp³-hybridized carbons (Fsp3) is 0.643. The standard InChI is InChI=1S/C14H22N2OS/c1-9(2)13(17)14-11(15)7-12(18-14)16(3)8-10-5-4-6-10/h7,9-10H,4-6,8,15H2,1-3H3. The van der Waals surface area contributed by atoms with Crippen molar-refractivity contribution in [1.82, 2.24) is 0 Å². The van der Waals surface area contributed by atoms with Crippen LogP contribution in [-0.2, 0) is 0 Å². The minimum atomic E-state index is 0.00994. The highest BCUT2D eigenvalue weighted by Crippen LogP contribution is 2.35. The fourth-order valence-electron chi connectivity index (χ4n) is 2.19. The van der Waals surface area contributed by atoms with Crippen molar-refractivity contribution in [1.29, 1.82) is 0 Å². The molecule has 0 spiro atoms. The largest absolute Gasteiger partial charge is 0.397 e. The van der Waals surface area contributed by atoms with Crippen LogP contribution in [0.25, 0.3) is 0 Å². The molecular formula is C14H22N2OS. The van der Waals surface area contributed by atoms with Gasteiger partial charge in [-0.05, 0) is 24.8 Å². The molecule has 100 valence electrons. The maximum atomic E-state index is 12.0. The Morgan fingerprint density at radius 1 is 1.56 bits per heavy atom. The number of carbonyl (C=O) groups excluding carboxylic acids is 1. The minimum absolute atomic E-state index is 0.00994. The molecule has 1 aliphatic rings. The molecule has 1 aromatic rings. The molecule has 1 fully saturated rings. The van der Waals surface area contributed by atoms with Crippen molar-refractivity contribution < 1.29 is 4.79 Å². The number of carbonyl (C=O) groups is 1. The van der Waals surface area contributed by atoms with E-state index < -0.39 is 0 Å². The lowest BCUT2D eigenvalue weighted by Crippen LogP contribution is -2.28. The van der Waals surface area contributed by atoms with E-state index in [1.807, 2.05) is 19.9 Å². The molecule has 18 heavy (non-hydrogen) atoms. The highest BCUT2D eigenvalue weighted by molar-refractivity contribution is 7.18. The highest BCUT2D eigenvalue weighted by atomic mass is 32.1. The zero-order valence-electron chi connectivity index (χ0n) is 11.4. The third-order valence-corrected chi connectivity index (χ3v) is 4.91. The lowest BCUT2D eigenvalue weighted by atomic mass is 9.85. The first-order valence-corrected chi connectivity index (χ1v) is 7.45. The molecule has 1 aromatic heterocycles. The van der Waals surface area contributed by atoms with Crippen molar-refractivity contribution in [2.45, 2.75) is 33.1 Å². The van der Waals surface area contributed by atoms with Crippen LogP contribution in [0.15, 0.2) is 6.07 Å². The van der Waals surface area contributed by atoms with Crippen molar-refractivity contribution in [2.75, 3.05) is 24.2 Å². The molecule has 0 radical (unpaired) electrons. The summed E-state index contributed by atoms with van der Waals surface area (Å²) in [5, 5.41) is 1.11. The Bertz CT molecular complexity index is 435. The van der Waals surface area contributed by atoms with Gasteiger partial charge < -0.3 is 10.6 Å². The summed E-state index contributed by atoms with van der Waals surface area (Å²) in [6.07, 6.45) is 4.04. The molecule has 2 N–H and O–H groups in total. The van der Waals surface area contributed by atoms with E-state index in [9.17, 15) is 4.79 Å². The number of ketones is 1. The molecule has 0 amide bonds. The Labute approximate surface area is 113 Å². The van der Waals surface area contributed by atoms with E-state index in [4.69, 9.17) is 5.73 Å². The predicted molar refractivity (Wildman–Crippen MR) is 78.5 cm³/mol. The summed E-state index contributed by atoms with van der Waals surface area (Å²) in [7, 11) is 2.09. The molecule has 3 nitrogen and oxygen atoms in total. The van der Waals surface area contributed by atoms with Crippen LogP contribution in [0.1, 0.15) is 42.8 Å². The van der Waals surface area contributed by atoms with E-state index in [0.717, 1.165) is 22.3 Å². The van der Waals surface area contributed by atoms with Crippen molar-refractivity contribution in [3.8, 4) is 0 Å². The van der Waals surface area contributed by atoms with Gasteiger partial charge in [0.1, 0.15) is 0 Å². The third kappa shape index (κ3) is 2.69. The van der Waals surface area contributed by atoms with Gasteiger partial charge in [0.15, 0.2) is 5.78 Å².